The van der Waals surface area contributed by atoms with Crippen LogP contribution >= 0.6 is 0 Å². The van der Waals surface area contributed by atoms with Crippen LogP contribution in [0.5, 0.6) is 0 Å². The van der Waals surface area contributed by atoms with Crippen LogP contribution in [0, 0.1) is 6.92 Å². The standard InChI is InChI=1S/C17H22N2O2/c1-13-6-8-14(9-7-13)11-17(20)18-12-15(19(2)3)16-5-4-10-21-16/h4-10,15H,11-12H2,1-3H3,(H,18,20). The molecule has 4 heteroatoms. The third-order valence-electron chi connectivity index (χ3n) is 3.47. The molecule has 0 spiro atoms. The van der Waals surface area contributed by atoms with E-state index in [1.807, 2.05) is 62.3 Å². The van der Waals surface area contributed by atoms with Gasteiger partial charge in [0.2, 0.25) is 5.91 Å². The van der Waals surface area contributed by atoms with Crippen molar-refractivity contribution in [2.24, 2.45) is 0 Å². The highest BCUT2D eigenvalue weighted by Gasteiger charge is 2.17. The molecule has 1 aromatic heterocycles. The molecule has 1 atom stereocenters. The van der Waals surface area contributed by atoms with Crippen LogP contribution in [0.3, 0.4) is 0 Å². The van der Waals surface area contributed by atoms with Crippen molar-refractivity contribution in [2.75, 3.05) is 20.6 Å². The molecule has 0 radical (unpaired) electrons. The molecule has 0 aliphatic rings. The average molecular weight is 286 g/mol. The fraction of sp³-hybridized carbons (Fsp3) is 0.353. The maximum atomic E-state index is 12.0. The quantitative estimate of drug-likeness (QED) is 0.887. The summed E-state index contributed by atoms with van der Waals surface area (Å²) < 4.78 is 5.43. The fourth-order valence-corrected chi connectivity index (χ4v) is 2.18. The first-order valence-corrected chi connectivity index (χ1v) is 7.08. The molecule has 1 unspecified atom stereocenters. The van der Waals surface area contributed by atoms with Crippen LogP contribution in [0.15, 0.2) is 47.1 Å². The molecule has 112 valence electrons. The van der Waals surface area contributed by atoms with Crippen LogP contribution in [0.1, 0.15) is 22.9 Å². The van der Waals surface area contributed by atoms with Gasteiger partial charge >= 0.3 is 0 Å². The van der Waals surface area contributed by atoms with E-state index in [2.05, 4.69) is 5.32 Å². The van der Waals surface area contributed by atoms with Crippen LogP contribution in [0.4, 0.5) is 0 Å². The normalized spacial score (nSPS) is 12.4. The lowest BCUT2D eigenvalue weighted by Gasteiger charge is -2.22. The molecular weight excluding hydrogens is 264 g/mol. The zero-order chi connectivity index (χ0) is 15.2. The maximum absolute atomic E-state index is 12.0. The fourth-order valence-electron chi connectivity index (χ4n) is 2.18. The van der Waals surface area contributed by atoms with Crippen LogP contribution in [0.2, 0.25) is 0 Å². The van der Waals surface area contributed by atoms with Gasteiger partial charge in [0.15, 0.2) is 0 Å². The predicted octanol–water partition coefficient (Wildman–Crippen LogP) is 2.55. The van der Waals surface area contributed by atoms with Crippen molar-refractivity contribution in [1.82, 2.24) is 10.2 Å². The molecule has 0 fully saturated rings. The van der Waals surface area contributed by atoms with Crippen LogP contribution in [0.25, 0.3) is 0 Å². The number of rotatable bonds is 6. The van der Waals surface area contributed by atoms with E-state index in [0.717, 1.165) is 11.3 Å². The number of carbonyl (C=O) groups excluding carboxylic acids is 1. The van der Waals surface area contributed by atoms with Crippen molar-refractivity contribution in [1.29, 1.82) is 0 Å². The van der Waals surface area contributed by atoms with E-state index in [1.54, 1.807) is 6.26 Å². The number of nitrogens with one attached hydrogen (secondary N) is 1. The van der Waals surface area contributed by atoms with Crippen molar-refractivity contribution >= 4 is 5.91 Å². The van der Waals surface area contributed by atoms with E-state index in [9.17, 15) is 4.79 Å². The largest absolute Gasteiger partial charge is 0.468 e. The number of likely N-dealkylation sites (N-methyl/N-ethyl adjacent to an activating group) is 1. The van der Waals surface area contributed by atoms with Gasteiger partial charge in [-0.25, -0.2) is 0 Å². The summed E-state index contributed by atoms with van der Waals surface area (Å²) in [5.41, 5.74) is 2.22. The Morgan fingerprint density at radius 1 is 1.24 bits per heavy atom. The molecule has 2 aromatic rings. The predicted molar refractivity (Wildman–Crippen MR) is 83.0 cm³/mol. The molecular formula is C17H22N2O2. The number of amides is 1. The third kappa shape index (κ3) is 4.46. The van der Waals surface area contributed by atoms with Gasteiger partial charge in [0.05, 0.1) is 18.7 Å². The summed E-state index contributed by atoms with van der Waals surface area (Å²) >= 11 is 0. The van der Waals surface area contributed by atoms with Crippen molar-refractivity contribution in [3.05, 3.63) is 59.5 Å². The Bertz CT molecular complexity index is 559. The molecule has 1 aromatic carbocycles. The van der Waals surface area contributed by atoms with E-state index in [4.69, 9.17) is 4.42 Å². The number of carbonyl (C=O) groups is 1. The number of aryl methyl sites for hydroxylation is 1. The van der Waals surface area contributed by atoms with E-state index < -0.39 is 0 Å². The molecule has 2 rings (SSSR count). The topological polar surface area (TPSA) is 45.5 Å². The van der Waals surface area contributed by atoms with Gasteiger partial charge in [0.1, 0.15) is 5.76 Å². The monoisotopic (exact) mass is 286 g/mol. The zero-order valence-corrected chi connectivity index (χ0v) is 12.8. The molecule has 0 saturated carbocycles. The van der Waals surface area contributed by atoms with Gasteiger partial charge in [-0.1, -0.05) is 29.8 Å². The highest BCUT2D eigenvalue weighted by Crippen LogP contribution is 2.17. The first-order valence-electron chi connectivity index (χ1n) is 7.08. The third-order valence-corrected chi connectivity index (χ3v) is 3.47. The minimum absolute atomic E-state index is 0.0252. The van der Waals surface area contributed by atoms with Gasteiger partial charge in [0.25, 0.3) is 0 Å². The molecule has 4 nitrogen and oxygen atoms in total. The highest BCUT2D eigenvalue weighted by atomic mass is 16.3. The Labute approximate surface area is 125 Å². The summed E-state index contributed by atoms with van der Waals surface area (Å²) in [4.78, 5) is 14.1. The number of nitrogens with zero attached hydrogens (tertiary/aromatic N) is 1. The molecule has 0 aliphatic heterocycles. The summed E-state index contributed by atoms with van der Waals surface area (Å²) in [6, 6.07) is 11.9. The number of furan rings is 1. The SMILES string of the molecule is Cc1ccc(CC(=O)NCC(c2ccco2)N(C)C)cc1. The van der Waals surface area contributed by atoms with E-state index in [-0.39, 0.29) is 11.9 Å². The molecule has 0 saturated heterocycles. The van der Waals surface area contributed by atoms with Crippen molar-refractivity contribution in [2.45, 2.75) is 19.4 Å². The first kappa shape index (κ1) is 15.3. The van der Waals surface area contributed by atoms with Crippen molar-refractivity contribution in [3.63, 3.8) is 0 Å². The van der Waals surface area contributed by atoms with Gasteiger partial charge < -0.3 is 9.73 Å². The van der Waals surface area contributed by atoms with Gasteiger partial charge in [-0.2, -0.15) is 0 Å². The number of hydrogen-bond acceptors (Lipinski definition) is 3. The minimum Gasteiger partial charge on any atom is -0.468 e. The molecule has 0 aliphatic carbocycles. The van der Waals surface area contributed by atoms with E-state index in [1.165, 1.54) is 5.56 Å². The van der Waals surface area contributed by atoms with Crippen molar-refractivity contribution < 1.29 is 9.21 Å². The lowest BCUT2D eigenvalue weighted by molar-refractivity contribution is -0.120. The number of benzene rings is 1. The van der Waals surface area contributed by atoms with Gasteiger partial charge in [0, 0.05) is 6.54 Å². The van der Waals surface area contributed by atoms with E-state index >= 15 is 0 Å². The number of hydrogen-bond donors (Lipinski definition) is 1. The van der Waals surface area contributed by atoms with Crippen LogP contribution < -0.4 is 5.32 Å². The second-order valence-electron chi connectivity index (χ2n) is 5.46. The van der Waals surface area contributed by atoms with Crippen molar-refractivity contribution in [3.8, 4) is 0 Å². The van der Waals surface area contributed by atoms with Gasteiger partial charge in [-0.15, -0.1) is 0 Å². The zero-order valence-electron chi connectivity index (χ0n) is 12.8. The van der Waals surface area contributed by atoms with Crippen LogP contribution in [-0.2, 0) is 11.2 Å². The minimum atomic E-state index is 0.0252. The lowest BCUT2D eigenvalue weighted by atomic mass is 10.1. The van der Waals surface area contributed by atoms with E-state index in [0.29, 0.717) is 13.0 Å². The van der Waals surface area contributed by atoms with Crippen LogP contribution in [-0.4, -0.2) is 31.4 Å². The molecule has 1 heterocycles. The second kappa shape index (κ2) is 7.09. The second-order valence-corrected chi connectivity index (χ2v) is 5.46. The average Bonchev–Trinajstić information content (AvgIpc) is 2.95. The summed E-state index contributed by atoms with van der Waals surface area (Å²) in [5, 5.41) is 2.97. The summed E-state index contributed by atoms with van der Waals surface area (Å²) in [6.07, 6.45) is 2.05. The summed E-state index contributed by atoms with van der Waals surface area (Å²) in [6.45, 7) is 2.57. The Kier molecular flexibility index (Phi) is 5.17. The molecule has 0 bridgehead atoms. The Balaban J connectivity index is 1.89. The smallest absolute Gasteiger partial charge is 0.224 e. The Morgan fingerprint density at radius 3 is 2.52 bits per heavy atom. The van der Waals surface area contributed by atoms with Gasteiger partial charge in [-0.05, 0) is 38.7 Å². The molecule has 21 heavy (non-hydrogen) atoms. The lowest BCUT2D eigenvalue weighted by Crippen LogP contribution is -2.35. The summed E-state index contributed by atoms with van der Waals surface area (Å²) in [5.74, 6) is 0.882. The molecule has 1 N–H and O–H groups in total. The Morgan fingerprint density at radius 2 is 1.95 bits per heavy atom. The molecule has 1 amide bonds. The van der Waals surface area contributed by atoms with Gasteiger partial charge in [-0.3, -0.25) is 9.69 Å². The summed E-state index contributed by atoms with van der Waals surface area (Å²) in [7, 11) is 3.94. The Hall–Kier alpha value is -2.07. The highest BCUT2D eigenvalue weighted by molar-refractivity contribution is 5.78. The first-order chi connectivity index (χ1) is 10.1. The maximum Gasteiger partial charge on any atom is 0.224 e.